The summed E-state index contributed by atoms with van der Waals surface area (Å²) in [5.41, 5.74) is 2.86. The van der Waals surface area contributed by atoms with Crippen LogP contribution in [-0.4, -0.2) is 32.3 Å². The molecule has 0 radical (unpaired) electrons. The van der Waals surface area contributed by atoms with Gasteiger partial charge in [-0.15, -0.1) is 10.2 Å². The summed E-state index contributed by atoms with van der Waals surface area (Å²) in [6.45, 7) is 5.62. The van der Waals surface area contributed by atoms with Crippen LogP contribution in [0.3, 0.4) is 0 Å². The lowest BCUT2D eigenvalue weighted by atomic mass is 10.1. The minimum absolute atomic E-state index is 0.0439. The highest BCUT2D eigenvalue weighted by Crippen LogP contribution is 2.32. The molecule has 4 aromatic rings. The summed E-state index contributed by atoms with van der Waals surface area (Å²) in [5, 5.41) is 14.2. The number of carbonyl (C=O) groups is 2. The van der Waals surface area contributed by atoms with E-state index >= 15 is 0 Å². The van der Waals surface area contributed by atoms with Gasteiger partial charge in [0.2, 0.25) is 5.91 Å². The predicted molar refractivity (Wildman–Crippen MR) is 144 cm³/mol. The molecule has 2 amide bonds. The van der Waals surface area contributed by atoms with Crippen LogP contribution in [0.25, 0.3) is 5.69 Å². The highest BCUT2D eigenvalue weighted by Gasteiger charge is 2.34. The molecule has 0 atom stereocenters. The average molecular weight is 554 g/mol. The maximum absolute atomic E-state index is 13.4. The van der Waals surface area contributed by atoms with Crippen LogP contribution in [0.4, 0.5) is 18.9 Å². The van der Waals surface area contributed by atoms with E-state index in [1.165, 1.54) is 12.1 Å². The molecule has 7 nitrogen and oxygen atoms in total. The molecule has 0 aliphatic carbocycles. The molecule has 11 heteroatoms. The Labute approximate surface area is 227 Å². The van der Waals surface area contributed by atoms with Crippen LogP contribution >= 0.6 is 11.8 Å². The van der Waals surface area contributed by atoms with Crippen LogP contribution in [0.1, 0.15) is 38.4 Å². The number of alkyl halides is 3. The van der Waals surface area contributed by atoms with Crippen LogP contribution in [-0.2, 0) is 17.5 Å². The molecule has 0 fully saturated rings. The average Bonchev–Trinajstić information content (AvgIpc) is 3.29. The molecule has 0 saturated carbocycles. The number of hydrogen-bond acceptors (Lipinski definition) is 5. The third-order valence-electron chi connectivity index (χ3n) is 6.04. The van der Waals surface area contributed by atoms with Crippen molar-refractivity contribution < 1.29 is 22.8 Å². The molecule has 3 aromatic carbocycles. The number of halogens is 3. The number of amides is 2. The van der Waals surface area contributed by atoms with E-state index in [1.54, 1.807) is 10.6 Å². The van der Waals surface area contributed by atoms with E-state index in [4.69, 9.17) is 0 Å². The SMILES string of the molecule is Cc1cccc(NC(=O)CSc2nnc(CNC(=O)c3ccccc3C(F)(F)F)n2-c2cccc(C)c2C)c1. The van der Waals surface area contributed by atoms with Gasteiger partial charge in [0.05, 0.1) is 29.1 Å². The zero-order valence-electron chi connectivity index (χ0n) is 21.5. The number of nitrogens with one attached hydrogen (secondary N) is 2. The Bertz CT molecular complexity index is 1520. The van der Waals surface area contributed by atoms with Gasteiger partial charge in [-0.2, -0.15) is 13.2 Å². The van der Waals surface area contributed by atoms with E-state index < -0.39 is 23.2 Å². The molecule has 202 valence electrons. The molecular formula is C28H26F3N5O2S. The van der Waals surface area contributed by atoms with Crippen molar-refractivity contribution in [2.24, 2.45) is 0 Å². The summed E-state index contributed by atoms with van der Waals surface area (Å²) in [6, 6.07) is 17.7. The highest BCUT2D eigenvalue weighted by atomic mass is 32.2. The first kappa shape index (κ1) is 27.9. The number of rotatable bonds is 8. The molecule has 0 unspecified atom stereocenters. The van der Waals surface area contributed by atoms with E-state index in [-0.39, 0.29) is 18.2 Å². The first-order valence-corrected chi connectivity index (χ1v) is 13.0. The summed E-state index contributed by atoms with van der Waals surface area (Å²) >= 11 is 1.16. The lowest BCUT2D eigenvalue weighted by molar-refractivity contribution is -0.138. The van der Waals surface area contributed by atoms with Crippen LogP contribution in [0.15, 0.2) is 71.9 Å². The van der Waals surface area contributed by atoms with Gasteiger partial charge < -0.3 is 10.6 Å². The fraction of sp³-hybridized carbons (Fsp3) is 0.214. The number of nitrogens with zero attached hydrogens (tertiary/aromatic N) is 3. The maximum Gasteiger partial charge on any atom is 0.417 e. The standard InChI is InChI=1S/C28H26F3N5O2S/c1-17-8-6-10-20(14-17)33-25(37)16-39-27-35-34-24(36(27)23-13-7-9-18(2)19(23)3)15-32-26(38)21-11-4-5-12-22(21)28(29,30)31/h4-14H,15-16H2,1-3H3,(H,32,38)(H,33,37). The van der Waals surface area contributed by atoms with Gasteiger partial charge in [0.15, 0.2) is 11.0 Å². The Morgan fingerprint density at radius 2 is 1.69 bits per heavy atom. The highest BCUT2D eigenvalue weighted by molar-refractivity contribution is 7.99. The summed E-state index contributed by atoms with van der Waals surface area (Å²) in [4.78, 5) is 25.4. The van der Waals surface area contributed by atoms with Crippen LogP contribution < -0.4 is 10.6 Å². The quantitative estimate of drug-likeness (QED) is 0.267. The summed E-state index contributed by atoms with van der Waals surface area (Å²) < 4.78 is 41.9. The lowest BCUT2D eigenvalue weighted by Crippen LogP contribution is -2.27. The molecule has 0 bridgehead atoms. The minimum atomic E-state index is -4.67. The monoisotopic (exact) mass is 553 g/mol. The molecular weight excluding hydrogens is 527 g/mol. The molecule has 2 N–H and O–H groups in total. The first-order chi connectivity index (χ1) is 18.5. The second-order valence-electron chi connectivity index (χ2n) is 8.89. The van der Waals surface area contributed by atoms with Gasteiger partial charge in [-0.05, 0) is 67.8 Å². The fourth-order valence-electron chi connectivity index (χ4n) is 3.96. The smallest absolute Gasteiger partial charge is 0.345 e. The van der Waals surface area contributed by atoms with Crippen molar-refractivity contribution in [2.75, 3.05) is 11.1 Å². The van der Waals surface area contributed by atoms with Crippen molar-refractivity contribution in [1.29, 1.82) is 0 Å². The van der Waals surface area contributed by atoms with E-state index in [9.17, 15) is 22.8 Å². The maximum atomic E-state index is 13.4. The number of anilines is 1. The molecule has 0 aliphatic heterocycles. The fourth-order valence-corrected chi connectivity index (χ4v) is 4.72. The Morgan fingerprint density at radius 1 is 0.949 bits per heavy atom. The van der Waals surface area contributed by atoms with Crippen molar-refractivity contribution in [3.05, 3.63) is 100 Å². The van der Waals surface area contributed by atoms with Crippen molar-refractivity contribution in [1.82, 2.24) is 20.1 Å². The lowest BCUT2D eigenvalue weighted by Gasteiger charge is -2.15. The Morgan fingerprint density at radius 3 is 2.44 bits per heavy atom. The van der Waals surface area contributed by atoms with E-state index in [1.807, 2.05) is 57.2 Å². The largest absolute Gasteiger partial charge is 0.417 e. The Balaban J connectivity index is 1.57. The predicted octanol–water partition coefficient (Wildman–Crippen LogP) is 5.87. The van der Waals surface area contributed by atoms with Crippen molar-refractivity contribution in [3.63, 3.8) is 0 Å². The number of benzene rings is 3. The second kappa shape index (κ2) is 11.7. The Hall–Kier alpha value is -4.12. The van der Waals surface area contributed by atoms with Gasteiger partial charge in [0, 0.05) is 5.69 Å². The molecule has 1 aromatic heterocycles. The normalized spacial score (nSPS) is 11.3. The van der Waals surface area contributed by atoms with Crippen molar-refractivity contribution >= 4 is 29.3 Å². The summed E-state index contributed by atoms with van der Waals surface area (Å²) in [7, 11) is 0. The topological polar surface area (TPSA) is 88.9 Å². The molecule has 0 aliphatic rings. The van der Waals surface area contributed by atoms with E-state index in [0.717, 1.165) is 46.3 Å². The third-order valence-corrected chi connectivity index (χ3v) is 6.96. The van der Waals surface area contributed by atoms with Gasteiger partial charge in [0.25, 0.3) is 5.91 Å². The van der Waals surface area contributed by atoms with Crippen LogP contribution in [0.5, 0.6) is 0 Å². The van der Waals surface area contributed by atoms with Crippen LogP contribution in [0, 0.1) is 20.8 Å². The second-order valence-corrected chi connectivity index (χ2v) is 9.83. The third kappa shape index (κ3) is 6.66. The van der Waals surface area contributed by atoms with Crippen molar-refractivity contribution in [2.45, 2.75) is 38.6 Å². The summed E-state index contributed by atoms with van der Waals surface area (Å²) in [5.74, 6) is -0.768. The van der Waals surface area contributed by atoms with Crippen molar-refractivity contribution in [3.8, 4) is 5.69 Å². The minimum Gasteiger partial charge on any atom is -0.345 e. The molecule has 4 rings (SSSR count). The number of aromatic nitrogens is 3. The number of carbonyl (C=O) groups excluding carboxylic acids is 2. The van der Waals surface area contributed by atoms with E-state index in [2.05, 4.69) is 20.8 Å². The number of hydrogen-bond donors (Lipinski definition) is 2. The summed E-state index contributed by atoms with van der Waals surface area (Å²) in [6.07, 6.45) is -4.67. The van der Waals surface area contributed by atoms with Gasteiger partial charge in [0.1, 0.15) is 0 Å². The molecule has 0 spiro atoms. The van der Waals surface area contributed by atoms with Gasteiger partial charge >= 0.3 is 6.18 Å². The molecule has 1 heterocycles. The van der Waals surface area contributed by atoms with Gasteiger partial charge in [-0.1, -0.05) is 48.2 Å². The van der Waals surface area contributed by atoms with Gasteiger partial charge in [-0.3, -0.25) is 14.2 Å². The zero-order chi connectivity index (χ0) is 28.2. The Kier molecular flexibility index (Phi) is 8.39. The molecule has 0 saturated heterocycles. The zero-order valence-corrected chi connectivity index (χ0v) is 22.3. The van der Waals surface area contributed by atoms with E-state index in [0.29, 0.717) is 16.7 Å². The number of aryl methyl sites for hydroxylation is 2. The first-order valence-electron chi connectivity index (χ1n) is 12.0. The van der Waals surface area contributed by atoms with Gasteiger partial charge in [-0.25, -0.2) is 0 Å². The van der Waals surface area contributed by atoms with Crippen LogP contribution in [0.2, 0.25) is 0 Å². The molecule has 39 heavy (non-hydrogen) atoms. The number of thioether (sulfide) groups is 1.